The first-order chi connectivity index (χ1) is 10.7. The third-order valence-corrected chi connectivity index (χ3v) is 5.52. The molecule has 6 heteroatoms. The lowest BCUT2D eigenvalue weighted by Gasteiger charge is -2.26. The zero-order chi connectivity index (χ0) is 15.4. The molecule has 116 valence electrons. The molecule has 1 aliphatic carbocycles. The Labute approximate surface area is 139 Å². The first kappa shape index (κ1) is 15.5. The predicted octanol–water partition coefficient (Wildman–Crippen LogP) is 3.27. The van der Waals surface area contributed by atoms with E-state index in [4.69, 9.17) is 0 Å². The van der Waals surface area contributed by atoms with Gasteiger partial charge in [0.1, 0.15) is 0 Å². The van der Waals surface area contributed by atoms with Crippen molar-refractivity contribution in [3.63, 3.8) is 0 Å². The van der Waals surface area contributed by atoms with Gasteiger partial charge in [-0.05, 0) is 37.3 Å². The van der Waals surface area contributed by atoms with E-state index in [2.05, 4.69) is 38.3 Å². The zero-order valence-electron chi connectivity index (χ0n) is 12.5. The van der Waals surface area contributed by atoms with Crippen LogP contribution >= 0.6 is 23.5 Å². The van der Waals surface area contributed by atoms with E-state index in [1.165, 1.54) is 22.9 Å². The quantitative estimate of drug-likeness (QED) is 0.912. The summed E-state index contributed by atoms with van der Waals surface area (Å²) in [5.41, 5.74) is 4.62. The van der Waals surface area contributed by atoms with Crippen molar-refractivity contribution in [1.29, 1.82) is 0 Å². The maximum Gasteiger partial charge on any atom is 0.230 e. The van der Waals surface area contributed by atoms with Crippen molar-refractivity contribution < 1.29 is 4.79 Å². The van der Waals surface area contributed by atoms with Gasteiger partial charge in [0.05, 0.1) is 34.9 Å². The van der Waals surface area contributed by atoms with Crippen LogP contribution in [0, 0.1) is 6.92 Å². The molecule has 1 amide bonds. The number of fused-ring (bicyclic) bond motifs is 1. The van der Waals surface area contributed by atoms with Crippen LogP contribution in [-0.2, 0) is 17.0 Å². The number of amides is 1. The number of thioether (sulfide) groups is 1. The summed E-state index contributed by atoms with van der Waals surface area (Å²) in [5.74, 6) is 1.32. The number of carbonyl (C=O) groups excluding carboxylic acids is 1. The Morgan fingerprint density at radius 2 is 2.27 bits per heavy atom. The maximum atomic E-state index is 12.2. The highest BCUT2D eigenvalue weighted by molar-refractivity contribution is 7.99. The fourth-order valence-electron chi connectivity index (χ4n) is 2.76. The molecular weight excluding hydrogens is 314 g/mol. The number of carbonyl (C=O) groups is 1. The Kier molecular flexibility index (Phi) is 5.10. The first-order valence-corrected chi connectivity index (χ1v) is 9.35. The summed E-state index contributed by atoms with van der Waals surface area (Å²) in [5, 5.41) is 3.18. The molecule has 2 aromatic rings. The summed E-state index contributed by atoms with van der Waals surface area (Å²) in [7, 11) is 0. The van der Waals surface area contributed by atoms with Crippen LogP contribution in [0.15, 0.2) is 24.3 Å². The van der Waals surface area contributed by atoms with Crippen molar-refractivity contribution in [3.8, 4) is 0 Å². The highest BCUT2D eigenvalue weighted by atomic mass is 32.2. The largest absolute Gasteiger partial charge is 0.349 e. The first-order valence-electron chi connectivity index (χ1n) is 7.47. The molecule has 0 radical (unpaired) electrons. The highest BCUT2D eigenvalue weighted by Gasteiger charge is 2.21. The number of rotatable bonds is 5. The van der Waals surface area contributed by atoms with Crippen LogP contribution in [0.25, 0.3) is 0 Å². The minimum absolute atomic E-state index is 0.104. The summed E-state index contributed by atoms with van der Waals surface area (Å²) in [6.45, 7) is 1.96. The van der Waals surface area contributed by atoms with E-state index in [-0.39, 0.29) is 11.9 Å². The molecule has 4 nitrogen and oxygen atoms in total. The molecule has 0 fully saturated rings. The lowest BCUT2D eigenvalue weighted by Crippen LogP contribution is -2.32. The fraction of sp³-hybridized carbons (Fsp3) is 0.438. The second-order valence-electron chi connectivity index (χ2n) is 5.50. The van der Waals surface area contributed by atoms with Crippen molar-refractivity contribution in [2.24, 2.45) is 0 Å². The van der Waals surface area contributed by atoms with Crippen molar-refractivity contribution in [1.82, 2.24) is 14.1 Å². The molecule has 0 spiro atoms. The maximum absolute atomic E-state index is 12.2. The van der Waals surface area contributed by atoms with Crippen molar-refractivity contribution in [3.05, 3.63) is 46.8 Å². The van der Waals surface area contributed by atoms with E-state index >= 15 is 0 Å². The number of aryl methyl sites for hydroxylation is 2. The van der Waals surface area contributed by atoms with Crippen LogP contribution in [0.3, 0.4) is 0 Å². The Balaban J connectivity index is 1.51. The number of aromatic nitrogens is 2. The Hall–Kier alpha value is -1.40. The van der Waals surface area contributed by atoms with E-state index in [9.17, 15) is 4.79 Å². The van der Waals surface area contributed by atoms with Crippen LogP contribution < -0.4 is 5.32 Å². The summed E-state index contributed by atoms with van der Waals surface area (Å²) < 4.78 is 8.39. The number of hydrogen-bond acceptors (Lipinski definition) is 5. The fourth-order valence-corrected chi connectivity index (χ4v) is 4.24. The van der Waals surface area contributed by atoms with Gasteiger partial charge in [0.2, 0.25) is 5.91 Å². The molecular formula is C16H19N3OS2. The van der Waals surface area contributed by atoms with Crippen LogP contribution in [0.2, 0.25) is 0 Å². The Morgan fingerprint density at radius 3 is 3.09 bits per heavy atom. The number of nitrogens with zero attached hydrogens (tertiary/aromatic N) is 2. The monoisotopic (exact) mass is 333 g/mol. The molecule has 1 unspecified atom stereocenters. The van der Waals surface area contributed by atoms with E-state index < -0.39 is 0 Å². The lowest BCUT2D eigenvalue weighted by atomic mass is 9.88. The molecule has 1 aliphatic rings. The van der Waals surface area contributed by atoms with Crippen molar-refractivity contribution in [2.75, 3.05) is 5.75 Å². The van der Waals surface area contributed by atoms with Gasteiger partial charge in [0.15, 0.2) is 0 Å². The van der Waals surface area contributed by atoms with Gasteiger partial charge in [-0.25, -0.2) is 0 Å². The SMILES string of the molecule is Cc1nsnc1CSCC(=O)NC1CCCc2ccccc21. The van der Waals surface area contributed by atoms with Crippen LogP contribution in [-0.4, -0.2) is 20.4 Å². The highest BCUT2D eigenvalue weighted by Crippen LogP contribution is 2.29. The topological polar surface area (TPSA) is 54.9 Å². The molecule has 1 N–H and O–H groups in total. The van der Waals surface area contributed by atoms with E-state index in [0.29, 0.717) is 5.75 Å². The molecule has 1 aromatic carbocycles. The molecule has 0 saturated heterocycles. The normalized spacial score (nSPS) is 17.0. The lowest BCUT2D eigenvalue weighted by molar-refractivity contribution is -0.119. The van der Waals surface area contributed by atoms with Crippen LogP contribution in [0.1, 0.15) is 41.4 Å². The second-order valence-corrected chi connectivity index (χ2v) is 7.01. The molecule has 1 aromatic heterocycles. The molecule has 1 atom stereocenters. The third kappa shape index (κ3) is 3.67. The molecule has 0 bridgehead atoms. The van der Waals surface area contributed by atoms with Gasteiger partial charge >= 0.3 is 0 Å². The number of benzene rings is 1. The van der Waals surface area contributed by atoms with Crippen LogP contribution in [0.4, 0.5) is 0 Å². The van der Waals surface area contributed by atoms with E-state index in [1.807, 2.05) is 6.92 Å². The van der Waals surface area contributed by atoms with Crippen molar-refractivity contribution in [2.45, 2.75) is 38.0 Å². The zero-order valence-corrected chi connectivity index (χ0v) is 14.2. The van der Waals surface area contributed by atoms with Gasteiger partial charge in [-0.15, -0.1) is 11.8 Å². The molecule has 3 rings (SSSR count). The summed E-state index contributed by atoms with van der Waals surface area (Å²) in [6, 6.07) is 8.59. The molecule has 0 aliphatic heterocycles. The number of nitrogens with one attached hydrogen (secondary N) is 1. The van der Waals surface area contributed by atoms with Gasteiger partial charge < -0.3 is 5.32 Å². The average Bonchev–Trinajstić information content (AvgIpc) is 2.93. The predicted molar refractivity (Wildman–Crippen MR) is 91.1 cm³/mol. The summed E-state index contributed by atoms with van der Waals surface area (Å²) >= 11 is 2.83. The number of hydrogen-bond donors (Lipinski definition) is 1. The third-order valence-electron chi connectivity index (χ3n) is 3.92. The average molecular weight is 333 g/mol. The van der Waals surface area contributed by atoms with Gasteiger partial charge in [-0.3, -0.25) is 4.79 Å². The summed E-state index contributed by atoms with van der Waals surface area (Å²) in [6.07, 6.45) is 3.29. The van der Waals surface area contributed by atoms with E-state index in [0.717, 1.165) is 36.4 Å². The van der Waals surface area contributed by atoms with Gasteiger partial charge in [-0.1, -0.05) is 24.3 Å². The van der Waals surface area contributed by atoms with Crippen molar-refractivity contribution >= 4 is 29.4 Å². The van der Waals surface area contributed by atoms with E-state index in [1.54, 1.807) is 11.8 Å². The van der Waals surface area contributed by atoms with Gasteiger partial charge in [0, 0.05) is 5.75 Å². The molecule has 22 heavy (non-hydrogen) atoms. The smallest absolute Gasteiger partial charge is 0.230 e. The Morgan fingerprint density at radius 1 is 1.41 bits per heavy atom. The minimum atomic E-state index is 0.104. The summed E-state index contributed by atoms with van der Waals surface area (Å²) in [4.78, 5) is 12.2. The van der Waals surface area contributed by atoms with Gasteiger partial charge in [-0.2, -0.15) is 8.75 Å². The second kappa shape index (κ2) is 7.24. The molecule has 1 heterocycles. The Bertz CT molecular complexity index is 656. The van der Waals surface area contributed by atoms with Gasteiger partial charge in [0.25, 0.3) is 0 Å². The molecule has 0 saturated carbocycles. The van der Waals surface area contributed by atoms with Crippen LogP contribution in [0.5, 0.6) is 0 Å². The minimum Gasteiger partial charge on any atom is -0.349 e. The standard InChI is InChI=1S/C16H19N3OS2/c1-11-15(19-22-18-11)9-21-10-16(20)17-14-8-4-6-12-5-2-3-7-13(12)14/h2-3,5,7,14H,4,6,8-10H2,1H3,(H,17,20).